The van der Waals surface area contributed by atoms with E-state index in [9.17, 15) is 0 Å². The van der Waals surface area contributed by atoms with Crippen molar-refractivity contribution in [2.75, 3.05) is 11.9 Å². The topological polar surface area (TPSA) is 37.8 Å². The SMILES string of the molecule is CCNc1cc(C2CC2)nc(-c2ccccc2Cl)n1. The molecule has 1 saturated carbocycles. The smallest absolute Gasteiger partial charge is 0.163 e. The van der Waals surface area contributed by atoms with E-state index in [4.69, 9.17) is 11.6 Å². The third-order valence-electron chi connectivity index (χ3n) is 3.21. The summed E-state index contributed by atoms with van der Waals surface area (Å²) in [7, 11) is 0. The third kappa shape index (κ3) is 2.71. The highest BCUT2D eigenvalue weighted by atomic mass is 35.5. The number of benzene rings is 1. The standard InChI is InChI=1S/C15H16ClN3/c1-2-17-14-9-13(10-7-8-10)18-15(19-14)11-5-3-4-6-12(11)16/h3-6,9-10H,2,7-8H2,1H3,(H,17,18,19). The minimum Gasteiger partial charge on any atom is -0.370 e. The molecule has 2 aromatic rings. The second kappa shape index (κ2) is 5.17. The Balaban J connectivity index is 2.06. The van der Waals surface area contributed by atoms with E-state index >= 15 is 0 Å². The van der Waals surface area contributed by atoms with Gasteiger partial charge >= 0.3 is 0 Å². The first-order chi connectivity index (χ1) is 9.28. The van der Waals surface area contributed by atoms with Gasteiger partial charge in [0.05, 0.1) is 5.02 Å². The largest absolute Gasteiger partial charge is 0.370 e. The Morgan fingerprint density at radius 2 is 2.05 bits per heavy atom. The van der Waals surface area contributed by atoms with E-state index in [-0.39, 0.29) is 0 Å². The van der Waals surface area contributed by atoms with E-state index < -0.39 is 0 Å². The first kappa shape index (κ1) is 12.4. The average Bonchev–Trinajstić information content (AvgIpc) is 3.23. The molecule has 0 aliphatic heterocycles. The first-order valence-corrected chi connectivity index (χ1v) is 7.03. The maximum atomic E-state index is 6.24. The van der Waals surface area contributed by atoms with Crippen molar-refractivity contribution in [2.24, 2.45) is 0 Å². The Labute approximate surface area is 118 Å². The third-order valence-corrected chi connectivity index (χ3v) is 3.54. The van der Waals surface area contributed by atoms with Crippen molar-refractivity contribution >= 4 is 17.4 Å². The molecule has 1 aromatic heterocycles. The fraction of sp³-hybridized carbons (Fsp3) is 0.333. The van der Waals surface area contributed by atoms with E-state index in [0.29, 0.717) is 16.8 Å². The van der Waals surface area contributed by atoms with Crippen LogP contribution in [0.4, 0.5) is 5.82 Å². The monoisotopic (exact) mass is 273 g/mol. The van der Waals surface area contributed by atoms with Gasteiger partial charge < -0.3 is 5.32 Å². The number of halogens is 1. The van der Waals surface area contributed by atoms with Crippen LogP contribution in [0.1, 0.15) is 31.4 Å². The Hall–Kier alpha value is -1.61. The maximum Gasteiger partial charge on any atom is 0.163 e. The minimum absolute atomic E-state index is 0.599. The molecule has 0 bridgehead atoms. The molecule has 0 spiro atoms. The Morgan fingerprint density at radius 3 is 2.74 bits per heavy atom. The van der Waals surface area contributed by atoms with E-state index in [2.05, 4.69) is 28.3 Å². The van der Waals surface area contributed by atoms with Crippen molar-refractivity contribution in [3.8, 4) is 11.4 Å². The Bertz CT molecular complexity index is 594. The molecule has 1 fully saturated rings. The molecule has 0 radical (unpaired) electrons. The molecular formula is C15H16ClN3. The Kier molecular flexibility index (Phi) is 3.38. The van der Waals surface area contributed by atoms with Crippen LogP contribution in [-0.4, -0.2) is 16.5 Å². The number of nitrogens with one attached hydrogen (secondary N) is 1. The van der Waals surface area contributed by atoms with E-state index in [1.54, 1.807) is 0 Å². The van der Waals surface area contributed by atoms with Crippen LogP contribution in [0.15, 0.2) is 30.3 Å². The van der Waals surface area contributed by atoms with Crippen molar-refractivity contribution in [1.82, 2.24) is 9.97 Å². The lowest BCUT2D eigenvalue weighted by Gasteiger charge is -2.09. The summed E-state index contributed by atoms with van der Waals surface area (Å²) < 4.78 is 0. The molecule has 0 saturated heterocycles. The van der Waals surface area contributed by atoms with E-state index in [0.717, 1.165) is 23.6 Å². The summed E-state index contributed by atoms with van der Waals surface area (Å²) >= 11 is 6.24. The van der Waals surface area contributed by atoms with Crippen LogP contribution in [0.25, 0.3) is 11.4 Å². The number of hydrogen-bond acceptors (Lipinski definition) is 3. The van der Waals surface area contributed by atoms with Crippen LogP contribution in [0.5, 0.6) is 0 Å². The minimum atomic E-state index is 0.599. The van der Waals surface area contributed by atoms with Gasteiger partial charge in [-0.1, -0.05) is 23.7 Å². The molecule has 0 atom stereocenters. The Morgan fingerprint density at radius 1 is 1.26 bits per heavy atom. The van der Waals surface area contributed by atoms with Crippen molar-refractivity contribution in [2.45, 2.75) is 25.7 Å². The van der Waals surface area contributed by atoms with Gasteiger partial charge in [0.2, 0.25) is 0 Å². The van der Waals surface area contributed by atoms with E-state index in [1.165, 1.54) is 12.8 Å². The van der Waals surface area contributed by atoms with Crippen molar-refractivity contribution in [1.29, 1.82) is 0 Å². The summed E-state index contributed by atoms with van der Waals surface area (Å²) in [5.41, 5.74) is 2.02. The number of hydrogen-bond donors (Lipinski definition) is 1. The van der Waals surface area contributed by atoms with Crippen LogP contribution >= 0.6 is 11.6 Å². The summed E-state index contributed by atoms with van der Waals surface area (Å²) in [6.07, 6.45) is 2.45. The molecule has 1 aliphatic carbocycles. The van der Waals surface area contributed by atoms with Crippen LogP contribution < -0.4 is 5.32 Å². The second-order valence-electron chi connectivity index (χ2n) is 4.79. The zero-order valence-corrected chi connectivity index (χ0v) is 11.6. The molecular weight excluding hydrogens is 258 g/mol. The van der Waals surface area contributed by atoms with Gasteiger partial charge in [-0.25, -0.2) is 9.97 Å². The molecule has 0 unspecified atom stereocenters. The number of aromatic nitrogens is 2. The van der Waals surface area contributed by atoms with Gasteiger partial charge in [0, 0.05) is 29.8 Å². The van der Waals surface area contributed by atoms with Gasteiger partial charge in [-0.2, -0.15) is 0 Å². The lowest BCUT2D eigenvalue weighted by molar-refractivity contribution is 0.988. The quantitative estimate of drug-likeness (QED) is 0.911. The fourth-order valence-corrected chi connectivity index (χ4v) is 2.31. The van der Waals surface area contributed by atoms with Crippen LogP contribution in [-0.2, 0) is 0 Å². The highest BCUT2D eigenvalue weighted by Gasteiger charge is 2.26. The number of nitrogens with zero attached hydrogens (tertiary/aromatic N) is 2. The van der Waals surface area contributed by atoms with Crippen LogP contribution in [0, 0.1) is 0 Å². The van der Waals surface area contributed by atoms with Crippen molar-refractivity contribution in [3.05, 3.63) is 41.0 Å². The molecule has 1 aliphatic rings. The highest BCUT2D eigenvalue weighted by Crippen LogP contribution is 2.40. The number of rotatable bonds is 4. The molecule has 19 heavy (non-hydrogen) atoms. The van der Waals surface area contributed by atoms with Gasteiger partial charge in [-0.3, -0.25) is 0 Å². The lowest BCUT2D eigenvalue weighted by Crippen LogP contribution is -2.03. The number of anilines is 1. The summed E-state index contributed by atoms with van der Waals surface area (Å²) in [5.74, 6) is 2.20. The van der Waals surface area contributed by atoms with Gasteiger partial charge in [0.1, 0.15) is 5.82 Å². The normalized spacial score (nSPS) is 14.4. The van der Waals surface area contributed by atoms with Crippen LogP contribution in [0.2, 0.25) is 5.02 Å². The van der Waals surface area contributed by atoms with Crippen molar-refractivity contribution in [3.63, 3.8) is 0 Å². The molecule has 0 amide bonds. The zero-order chi connectivity index (χ0) is 13.2. The zero-order valence-electron chi connectivity index (χ0n) is 10.9. The molecule has 1 heterocycles. The molecule has 1 N–H and O–H groups in total. The predicted octanol–water partition coefficient (Wildman–Crippen LogP) is 4.11. The van der Waals surface area contributed by atoms with E-state index in [1.807, 2.05) is 24.3 Å². The molecule has 1 aromatic carbocycles. The van der Waals surface area contributed by atoms with Crippen molar-refractivity contribution < 1.29 is 0 Å². The average molecular weight is 274 g/mol. The molecule has 98 valence electrons. The predicted molar refractivity (Wildman–Crippen MR) is 78.6 cm³/mol. The van der Waals surface area contributed by atoms with Gasteiger partial charge in [0.15, 0.2) is 5.82 Å². The van der Waals surface area contributed by atoms with Gasteiger partial charge in [0.25, 0.3) is 0 Å². The first-order valence-electron chi connectivity index (χ1n) is 6.65. The summed E-state index contributed by atoms with van der Waals surface area (Å²) in [5, 5.41) is 3.96. The highest BCUT2D eigenvalue weighted by molar-refractivity contribution is 6.33. The second-order valence-corrected chi connectivity index (χ2v) is 5.19. The van der Waals surface area contributed by atoms with Crippen LogP contribution in [0.3, 0.4) is 0 Å². The molecule has 4 heteroatoms. The fourth-order valence-electron chi connectivity index (χ4n) is 2.09. The maximum absolute atomic E-state index is 6.24. The van der Waals surface area contributed by atoms with Gasteiger partial charge in [-0.15, -0.1) is 0 Å². The summed E-state index contributed by atoms with van der Waals surface area (Å²) in [4.78, 5) is 9.23. The molecule has 3 nitrogen and oxygen atoms in total. The lowest BCUT2D eigenvalue weighted by atomic mass is 10.2. The van der Waals surface area contributed by atoms with Gasteiger partial charge in [-0.05, 0) is 31.9 Å². The summed E-state index contributed by atoms with van der Waals surface area (Å²) in [6, 6.07) is 9.77. The molecule has 3 rings (SSSR count). The summed E-state index contributed by atoms with van der Waals surface area (Å²) in [6.45, 7) is 2.91.